The van der Waals surface area contributed by atoms with Gasteiger partial charge in [-0.3, -0.25) is 9.59 Å². The Bertz CT molecular complexity index is 456. The summed E-state index contributed by atoms with van der Waals surface area (Å²) >= 11 is 0. The molecule has 16 heavy (non-hydrogen) atoms. The highest BCUT2D eigenvalue weighted by molar-refractivity contribution is 5.98. The van der Waals surface area contributed by atoms with Gasteiger partial charge in [0.15, 0.2) is 5.78 Å². The Hall–Kier alpha value is -1.71. The fraction of sp³-hybridized carbons (Fsp3) is 0.333. The second-order valence-electron chi connectivity index (χ2n) is 3.98. The molecular formula is C12H12FNO2. The van der Waals surface area contributed by atoms with Gasteiger partial charge in [-0.15, -0.1) is 0 Å². The molecule has 1 aliphatic rings. The highest BCUT2D eigenvalue weighted by atomic mass is 19.1. The van der Waals surface area contributed by atoms with Gasteiger partial charge in [-0.2, -0.15) is 0 Å². The molecule has 1 heterocycles. The molecule has 1 saturated heterocycles. The number of carbonyl (C=O) groups excluding carboxylic acids is 2. The van der Waals surface area contributed by atoms with Crippen LogP contribution in [0.4, 0.5) is 4.39 Å². The van der Waals surface area contributed by atoms with Gasteiger partial charge in [-0.1, -0.05) is 0 Å². The Balaban J connectivity index is 2.21. The molecule has 1 aromatic rings. The van der Waals surface area contributed by atoms with Crippen molar-refractivity contribution >= 4 is 11.7 Å². The summed E-state index contributed by atoms with van der Waals surface area (Å²) in [6, 6.07) is 4.24. The smallest absolute Gasteiger partial charge is 0.254 e. The standard InChI is InChI=1S/C12H12FNO2/c1-8-6-9(2-3-11(8)13)12(16)14-5-4-10(15)7-14/h2-3,6H,4-5,7H2,1H3. The molecule has 1 amide bonds. The Labute approximate surface area is 92.9 Å². The summed E-state index contributed by atoms with van der Waals surface area (Å²) in [4.78, 5) is 24.5. The van der Waals surface area contributed by atoms with E-state index in [0.717, 1.165) is 0 Å². The minimum absolute atomic E-state index is 0.0761. The summed E-state index contributed by atoms with van der Waals surface area (Å²) in [5.41, 5.74) is 0.880. The third-order valence-corrected chi connectivity index (χ3v) is 2.72. The maximum absolute atomic E-state index is 13.0. The number of aryl methyl sites for hydroxylation is 1. The average Bonchev–Trinajstić information content (AvgIpc) is 2.68. The van der Waals surface area contributed by atoms with E-state index in [-0.39, 0.29) is 24.1 Å². The molecule has 0 radical (unpaired) electrons. The number of hydrogen-bond donors (Lipinski definition) is 0. The third-order valence-electron chi connectivity index (χ3n) is 2.72. The maximum Gasteiger partial charge on any atom is 0.254 e. The van der Waals surface area contributed by atoms with Crippen LogP contribution in [0, 0.1) is 12.7 Å². The number of likely N-dealkylation sites (tertiary alicyclic amines) is 1. The van der Waals surface area contributed by atoms with E-state index in [1.165, 1.54) is 23.1 Å². The number of Topliss-reactive ketones (excluding diaryl/α,β-unsaturated/α-hetero) is 1. The van der Waals surface area contributed by atoms with Gasteiger partial charge in [0, 0.05) is 18.5 Å². The quantitative estimate of drug-likeness (QED) is 0.721. The van der Waals surface area contributed by atoms with Crippen LogP contribution in [-0.2, 0) is 4.79 Å². The number of nitrogens with zero attached hydrogens (tertiary/aromatic N) is 1. The van der Waals surface area contributed by atoms with E-state index >= 15 is 0 Å². The van der Waals surface area contributed by atoms with E-state index < -0.39 is 0 Å². The largest absolute Gasteiger partial charge is 0.331 e. The minimum atomic E-state index is -0.325. The second-order valence-corrected chi connectivity index (χ2v) is 3.98. The van der Waals surface area contributed by atoms with Crippen molar-refractivity contribution in [1.29, 1.82) is 0 Å². The van der Waals surface area contributed by atoms with Crippen LogP contribution in [0.1, 0.15) is 22.3 Å². The normalized spacial score (nSPS) is 15.6. The fourth-order valence-electron chi connectivity index (χ4n) is 1.76. The summed E-state index contributed by atoms with van der Waals surface area (Å²) in [5.74, 6) is -0.449. The van der Waals surface area contributed by atoms with E-state index in [2.05, 4.69) is 0 Å². The van der Waals surface area contributed by atoms with Crippen molar-refractivity contribution in [3.8, 4) is 0 Å². The molecule has 0 bridgehead atoms. The molecule has 0 unspecified atom stereocenters. The zero-order chi connectivity index (χ0) is 11.7. The first-order valence-corrected chi connectivity index (χ1v) is 5.15. The highest BCUT2D eigenvalue weighted by Gasteiger charge is 2.24. The summed E-state index contributed by atoms with van der Waals surface area (Å²) in [5, 5.41) is 0. The molecule has 0 aromatic heterocycles. The van der Waals surface area contributed by atoms with Gasteiger partial charge in [-0.05, 0) is 30.7 Å². The number of carbonyl (C=O) groups is 2. The molecule has 4 heteroatoms. The molecule has 1 aromatic carbocycles. The topological polar surface area (TPSA) is 37.4 Å². The SMILES string of the molecule is Cc1cc(C(=O)N2CCC(=O)C2)ccc1F. The lowest BCUT2D eigenvalue weighted by Crippen LogP contribution is -2.28. The van der Waals surface area contributed by atoms with Crippen molar-refractivity contribution in [3.63, 3.8) is 0 Å². The van der Waals surface area contributed by atoms with E-state index in [4.69, 9.17) is 0 Å². The highest BCUT2D eigenvalue weighted by Crippen LogP contribution is 2.14. The van der Waals surface area contributed by atoms with Crippen molar-refractivity contribution in [1.82, 2.24) is 4.90 Å². The molecular weight excluding hydrogens is 209 g/mol. The summed E-state index contributed by atoms with van der Waals surface area (Å²) < 4.78 is 13.0. The van der Waals surface area contributed by atoms with Gasteiger partial charge >= 0.3 is 0 Å². The number of amides is 1. The van der Waals surface area contributed by atoms with Crippen LogP contribution in [0.25, 0.3) is 0 Å². The minimum Gasteiger partial charge on any atom is -0.331 e. The molecule has 0 N–H and O–H groups in total. The van der Waals surface area contributed by atoms with Crippen LogP contribution in [0.3, 0.4) is 0 Å². The Morgan fingerprint density at radius 2 is 2.19 bits per heavy atom. The number of benzene rings is 1. The first-order chi connectivity index (χ1) is 7.58. The molecule has 0 saturated carbocycles. The molecule has 0 aliphatic carbocycles. The monoisotopic (exact) mass is 221 g/mol. The molecule has 3 nitrogen and oxygen atoms in total. The lowest BCUT2D eigenvalue weighted by molar-refractivity contribution is -0.116. The number of halogens is 1. The van der Waals surface area contributed by atoms with Crippen molar-refractivity contribution in [2.24, 2.45) is 0 Å². The van der Waals surface area contributed by atoms with Gasteiger partial charge in [-0.25, -0.2) is 4.39 Å². The molecule has 2 rings (SSSR count). The first kappa shape index (κ1) is 10.8. The van der Waals surface area contributed by atoms with E-state index in [1.54, 1.807) is 6.92 Å². The van der Waals surface area contributed by atoms with Crippen molar-refractivity contribution < 1.29 is 14.0 Å². The average molecular weight is 221 g/mol. The van der Waals surface area contributed by atoms with Crippen LogP contribution in [0.5, 0.6) is 0 Å². The van der Waals surface area contributed by atoms with Gasteiger partial charge in [0.05, 0.1) is 6.54 Å². The number of rotatable bonds is 1. The molecule has 1 aliphatic heterocycles. The van der Waals surface area contributed by atoms with E-state index in [1.807, 2.05) is 0 Å². The van der Waals surface area contributed by atoms with Gasteiger partial charge in [0.25, 0.3) is 5.91 Å². The van der Waals surface area contributed by atoms with E-state index in [0.29, 0.717) is 24.1 Å². The summed E-state index contributed by atoms with van der Waals surface area (Å²) in [6.45, 7) is 2.25. The summed E-state index contributed by atoms with van der Waals surface area (Å²) in [7, 11) is 0. The Kier molecular flexibility index (Phi) is 2.73. The van der Waals surface area contributed by atoms with Gasteiger partial charge in [0.1, 0.15) is 5.82 Å². The Morgan fingerprint density at radius 1 is 1.44 bits per heavy atom. The number of ketones is 1. The number of hydrogen-bond acceptors (Lipinski definition) is 2. The predicted octanol–water partition coefficient (Wildman–Crippen LogP) is 1.55. The maximum atomic E-state index is 13.0. The van der Waals surface area contributed by atoms with Crippen molar-refractivity contribution in [2.75, 3.05) is 13.1 Å². The van der Waals surface area contributed by atoms with Crippen LogP contribution in [0.2, 0.25) is 0 Å². The molecule has 0 atom stereocenters. The van der Waals surface area contributed by atoms with Crippen molar-refractivity contribution in [3.05, 3.63) is 35.1 Å². The first-order valence-electron chi connectivity index (χ1n) is 5.15. The van der Waals surface area contributed by atoms with E-state index in [9.17, 15) is 14.0 Å². The van der Waals surface area contributed by atoms with Gasteiger partial charge in [0.2, 0.25) is 0 Å². The molecule has 84 valence electrons. The van der Waals surface area contributed by atoms with Gasteiger partial charge < -0.3 is 4.90 Å². The molecule has 1 fully saturated rings. The Morgan fingerprint density at radius 3 is 2.75 bits per heavy atom. The van der Waals surface area contributed by atoms with Crippen molar-refractivity contribution in [2.45, 2.75) is 13.3 Å². The fourth-order valence-corrected chi connectivity index (χ4v) is 1.76. The zero-order valence-electron chi connectivity index (χ0n) is 9.00. The lowest BCUT2D eigenvalue weighted by atomic mass is 10.1. The zero-order valence-corrected chi connectivity index (χ0v) is 9.00. The predicted molar refractivity (Wildman–Crippen MR) is 56.7 cm³/mol. The van der Waals surface area contributed by atoms with Crippen LogP contribution >= 0.6 is 0 Å². The summed E-state index contributed by atoms with van der Waals surface area (Å²) in [6.07, 6.45) is 0.423. The second kappa shape index (κ2) is 4.04. The third kappa shape index (κ3) is 1.96. The van der Waals surface area contributed by atoms with Crippen LogP contribution in [-0.4, -0.2) is 29.7 Å². The molecule has 0 spiro atoms. The lowest BCUT2D eigenvalue weighted by Gasteiger charge is -2.14. The van der Waals surface area contributed by atoms with Crippen LogP contribution in [0.15, 0.2) is 18.2 Å². The van der Waals surface area contributed by atoms with Crippen LogP contribution < -0.4 is 0 Å².